The zero-order chi connectivity index (χ0) is 13.8. The van der Waals surface area contributed by atoms with Crippen LogP contribution >= 0.6 is 0 Å². The zero-order valence-electron chi connectivity index (χ0n) is 12.1. The lowest BCUT2D eigenvalue weighted by atomic mass is 10.1. The highest BCUT2D eigenvalue weighted by Crippen LogP contribution is 2.20. The lowest BCUT2D eigenvalue weighted by Crippen LogP contribution is -2.50. The van der Waals surface area contributed by atoms with Crippen LogP contribution in [0.25, 0.3) is 0 Å². The Morgan fingerprint density at radius 3 is 2.37 bits per heavy atom. The van der Waals surface area contributed by atoms with E-state index in [4.69, 9.17) is 0 Å². The number of nitrogens with one attached hydrogen (secondary N) is 1. The Morgan fingerprint density at radius 2 is 1.89 bits per heavy atom. The number of carboxylic acid groups (broad SMARTS) is 1. The highest BCUT2D eigenvalue weighted by Gasteiger charge is 2.28. The van der Waals surface area contributed by atoms with Gasteiger partial charge in [0.2, 0.25) is 0 Å². The summed E-state index contributed by atoms with van der Waals surface area (Å²) in [4.78, 5) is 16.1. The number of aliphatic carboxylic acids is 1. The van der Waals surface area contributed by atoms with E-state index in [-0.39, 0.29) is 6.04 Å². The SMILES string of the molecule is CC(C)N1CCN(CCC(NC2CC2)C(=O)O)CC1. The number of carboxylic acids is 1. The third kappa shape index (κ3) is 4.75. The number of nitrogens with zero attached hydrogens (tertiary/aromatic N) is 2. The van der Waals surface area contributed by atoms with Gasteiger partial charge in [0.05, 0.1) is 0 Å². The fraction of sp³-hybridized carbons (Fsp3) is 0.929. The van der Waals surface area contributed by atoms with Crippen LogP contribution in [-0.2, 0) is 4.79 Å². The average Bonchev–Trinajstić information content (AvgIpc) is 3.18. The summed E-state index contributed by atoms with van der Waals surface area (Å²) in [6.07, 6.45) is 2.99. The predicted molar refractivity (Wildman–Crippen MR) is 75.3 cm³/mol. The van der Waals surface area contributed by atoms with Gasteiger partial charge in [-0.1, -0.05) is 0 Å². The van der Waals surface area contributed by atoms with E-state index in [0.29, 0.717) is 18.5 Å². The maximum absolute atomic E-state index is 11.2. The largest absolute Gasteiger partial charge is 0.480 e. The Morgan fingerprint density at radius 1 is 1.26 bits per heavy atom. The summed E-state index contributed by atoms with van der Waals surface area (Å²) in [5.74, 6) is -0.701. The van der Waals surface area contributed by atoms with Crippen molar-refractivity contribution in [1.29, 1.82) is 0 Å². The van der Waals surface area contributed by atoms with Crippen LogP contribution in [0.4, 0.5) is 0 Å². The van der Waals surface area contributed by atoms with Gasteiger partial charge in [0.1, 0.15) is 6.04 Å². The summed E-state index contributed by atoms with van der Waals surface area (Å²) in [6.45, 7) is 9.69. The summed E-state index contributed by atoms with van der Waals surface area (Å²) < 4.78 is 0. The molecule has 0 bridgehead atoms. The van der Waals surface area contributed by atoms with Crippen molar-refractivity contribution in [3.8, 4) is 0 Å². The topological polar surface area (TPSA) is 55.8 Å². The fourth-order valence-corrected chi connectivity index (χ4v) is 2.63. The van der Waals surface area contributed by atoms with Gasteiger partial charge in [-0.15, -0.1) is 0 Å². The van der Waals surface area contributed by atoms with E-state index < -0.39 is 5.97 Å². The highest BCUT2D eigenvalue weighted by molar-refractivity contribution is 5.73. The number of hydrogen-bond donors (Lipinski definition) is 2. The van der Waals surface area contributed by atoms with Crippen LogP contribution in [0.5, 0.6) is 0 Å². The summed E-state index contributed by atoms with van der Waals surface area (Å²) in [6, 6.07) is 0.708. The molecular weight excluding hydrogens is 242 g/mol. The van der Waals surface area contributed by atoms with Crippen molar-refractivity contribution < 1.29 is 9.90 Å². The maximum Gasteiger partial charge on any atom is 0.320 e. The second kappa shape index (κ2) is 6.68. The van der Waals surface area contributed by atoms with Crippen LogP contribution in [-0.4, -0.2) is 71.7 Å². The fourth-order valence-electron chi connectivity index (χ4n) is 2.63. The smallest absolute Gasteiger partial charge is 0.320 e. The molecule has 1 saturated heterocycles. The Labute approximate surface area is 115 Å². The van der Waals surface area contributed by atoms with Crippen molar-refractivity contribution in [2.45, 2.75) is 51.2 Å². The first kappa shape index (κ1) is 14.8. The van der Waals surface area contributed by atoms with E-state index >= 15 is 0 Å². The number of carbonyl (C=O) groups is 1. The molecule has 5 heteroatoms. The summed E-state index contributed by atoms with van der Waals surface area (Å²) >= 11 is 0. The third-order valence-corrected chi connectivity index (χ3v) is 4.18. The van der Waals surface area contributed by atoms with Gasteiger partial charge in [-0.25, -0.2) is 0 Å². The molecule has 2 fully saturated rings. The first-order chi connectivity index (χ1) is 9.06. The molecule has 110 valence electrons. The highest BCUT2D eigenvalue weighted by atomic mass is 16.4. The second-order valence-corrected chi connectivity index (χ2v) is 6.09. The molecule has 1 atom stereocenters. The van der Waals surface area contributed by atoms with Crippen molar-refractivity contribution in [3.63, 3.8) is 0 Å². The van der Waals surface area contributed by atoms with Gasteiger partial charge in [0.25, 0.3) is 0 Å². The van der Waals surface area contributed by atoms with Gasteiger partial charge >= 0.3 is 5.97 Å². The van der Waals surface area contributed by atoms with E-state index in [1.165, 1.54) is 0 Å². The van der Waals surface area contributed by atoms with Crippen LogP contribution in [0.1, 0.15) is 33.1 Å². The molecule has 0 spiro atoms. The van der Waals surface area contributed by atoms with Gasteiger partial charge in [-0.05, 0) is 33.1 Å². The quantitative estimate of drug-likeness (QED) is 0.709. The van der Waals surface area contributed by atoms with Gasteiger partial charge < -0.3 is 15.3 Å². The van der Waals surface area contributed by atoms with Crippen molar-refractivity contribution in [1.82, 2.24) is 15.1 Å². The van der Waals surface area contributed by atoms with Crippen molar-refractivity contribution in [3.05, 3.63) is 0 Å². The minimum Gasteiger partial charge on any atom is -0.480 e. The van der Waals surface area contributed by atoms with Crippen molar-refractivity contribution in [2.24, 2.45) is 0 Å². The molecule has 1 heterocycles. The molecule has 1 saturated carbocycles. The molecule has 2 N–H and O–H groups in total. The van der Waals surface area contributed by atoms with E-state index in [1.807, 2.05) is 0 Å². The van der Waals surface area contributed by atoms with Crippen LogP contribution in [0, 0.1) is 0 Å². The first-order valence-electron chi connectivity index (χ1n) is 7.51. The molecular formula is C14H27N3O2. The van der Waals surface area contributed by atoms with Crippen LogP contribution < -0.4 is 5.32 Å². The van der Waals surface area contributed by atoms with Crippen LogP contribution in [0.2, 0.25) is 0 Å². The molecule has 1 aliphatic carbocycles. The molecule has 5 nitrogen and oxygen atoms in total. The maximum atomic E-state index is 11.2. The Balaban J connectivity index is 1.68. The standard InChI is InChI=1S/C14H27N3O2/c1-11(2)17-9-7-16(8-10-17)6-5-13(14(18)19)15-12-3-4-12/h11-13,15H,3-10H2,1-2H3,(H,18,19). The molecule has 0 radical (unpaired) electrons. The lowest BCUT2D eigenvalue weighted by molar-refractivity contribution is -0.139. The zero-order valence-corrected chi connectivity index (χ0v) is 12.1. The molecule has 0 aromatic rings. The molecule has 1 unspecified atom stereocenters. The molecule has 0 aromatic carbocycles. The summed E-state index contributed by atoms with van der Waals surface area (Å²) in [5, 5.41) is 12.4. The molecule has 2 aliphatic rings. The number of rotatable bonds is 7. The van der Waals surface area contributed by atoms with E-state index in [9.17, 15) is 9.90 Å². The monoisotopic (exact) mass is 269 g/mol. The van der Waals surface area contributed by atoms with Gasteiger partial charge in [0.15, 0.2) is 0 Å². The molecule has 2 rings (SSSR count). The van der Waals surface area contributed by atoms with Gasteiger partial charge in [-0.3, -0.25) is 9.69 Å². The average molecular weight is 269 g/mol. The first-order valence-corrected chi connectivity index (χ1v) is 7.51. The Kier molecular flexibility index (Phi) is 5.19. The normalized spacial score (nSPS) is 23.7. The molecule has 1 aliphatic heterocycles. The molecule has 0 aromatic heterocycles. The Bertz CT molecular complexity index is 297. The van der Waals surface area contributed by atoms with Crippen LogP contribution in [0.15, 0.2) is 0 Å². The molecule has 0 amide bonds. The second-order valence-electron chi connectivity index (χ2n) is 6.09. The minimum atomic E-state index is -0.701. The van der Waals surface area contributed by atoms with E-state index in [2.05, 4.69) is 29.0 Å². The van der Waals surface area contributed by atoms with Crippen LogP contribution in [0.3, 0.4) is 0 Å². The van der Waals surface area contributed by atoms with Crippen molar-refractivity contribution >= 4 is 5.97 Å². The Hall–Kier alpha value is -0.650. The van der Waals surface area contributed by atoms with Gasteiger partial charge in [0, 0.05) is 44.8 Å². The minimum absolute atomic E-state index is 0.365. The van der Waals surface area contributed by atoms with Gasteiger partial charge in [-0.2, -0.15) is 0 Å². The molecule has 19 heavy (non-hydrogen) atoms. The number of piperazine rings is 1. The van der Waals surface area contributed by atoms with E-state index in [1.54, 1.807) is 0 Å². The third-order valence-electron chi connectivity index (χ3n) is 4.18. The predicted octanol–water partition coefficient (Wildman–Crippen LogP) is 0.608. The van der Waals surface area contributed by atoms with E-state index in [0.717, 1.165) is 45.6 Å². The number of hydrogen-bond acceptors (Lipinski definition) is 4. The lowest BCUT2D eigenvalue weighted by Gasteiger charge is -2.37. The summed E-state index contributed by atoms with van der Waals surface area (Å²) in [7, 11) is 0. The summed E-state index contributed by atoms with van der Waals surface area (Å²) in [5.41, 5.74) is 0. The van der Waals surface area contributed by atoms with Crippen molar-refractivity contribution in [2.75, 3.05) is 32.7 Å².